The fourth-order valence-corrected chi connectivity index (χ4v) is 3.85. The van der Waals surface area contributed by atoms with Gasteiger partial charge in [-0.15, -0.1) is 0 Å². The van der Waals surface area contributed by atoms with E-state index >= 15 is 0 Å². The highest BCUT2D eigenvalue weighted by atomic mass is 16.7. The van der Waals surface area contributed by atoms with E-state index in [2.05, 4.69) is 0 Å². The molecule has 0 radical (unpaired) electrons. The Morgan fingerprint density at radius 1 is 0.590 bits per heavy atom. The van der Waals surface area contributed by atoms with Crippen molar-refractivity contribution >= 4 is 0 Å². The second-order valence-corrected chi connectivity index (χ2v) is 9.27. The first-order valence-corrected chi connectivity index (χ1v) is 13.1. The number of phenols is 1. The van der Waals surface area contributed by atoms with Gasteiger partial charge in [-0.3, -0.25) is 0 Å². The van der Waals surface area contributed by atoms with E-state index in [4.69, 9.17) is 23.7 Å². The highest BCUT2D eigenvalue weighted by molar-refractivity contribution is 5.41. The molecule has 0 saturated heterocycles. The van der Waals surface area contributed by atoms with Crippen LogP contribution >= 0.6 is 0 Å². The van der Waals surface area contributed by atoms with Gasteiger partial charge in [0.15, 0.2) is 11.5 Å². The smallest absolute Gasteiger partial charge is 0.223 e. The van der Waals surface area contributed by atoms with Gasteiger partial charge in [0.05, 0.1) is 33.0 Å². The Morgan fingerprint density at radius 2 is 1.13 bits per heavy atom. The minimum absolute atomic E-state index is 0.0420. The van der Waals surface area contributed by atoms with Crippen molar-refractivity contribution in [2.45, 2.75) is 39.1 Å². The molecule has 0 heterocycles. The van der Waals surface area contributed by atoms with Crippen LogP contribution in [0.25, 0.3) is 0 Å². The lowest BCUT2D eigenvalue weighted by Crippen LogP contribution is -2.33. The summed E-state index contributed by atoms with van der Waals surface area (Å²) in [6, 6.07) is 35.1. The Morgan fingerprint density at radius 3 is 1.72 bits per heavy atom. The van der Waals surface area contributed by atoms with Gasteiger partial charge in [0.25, 0.3) is 0 Å². The molecule has 0 amide bonds. The first-order chi connectivity index (χ1) is 19.2. The Balaban J connectivity index is 1.38. The van der Waals surface area contributed by atoms with E-state index in [-0.39, 0.29) is 25.1 Å². The molecule has 0 fully saturated rings. The largest absolute Gasteiger partial charge is 0.504 e. The van der Waals surface area contributed by atoms with Crippen molar-refractivity contribution in [3.05, 3.63) is 131 Å². The average molecular weight is 529 g/mol. The maximum Gasteiger partial charge on any atom is 0.223 e. The van der Waals surface area contributed by atoms with Crippen molar-refractivity contribution in [2.75, 3.05) is 19.8 Å². The van der Waals surface area contributed by atoms with Crippen LogP contribution in [0.1, 0.15) is 22.3 Å². The molecule has 0 aliphatic carbocycles. The average Bonchev–Trinajstić information content (AvgIpc) is 2.97. The lowest BCUT2D eigenvalue weighted by Gasteiger charge is -2.24. The number of aryl methyl sites for hydroxylation is 1. The van der Waals surface area contributed by atoms with Gasteiger partial charge >= 0.3 is 0 Å². The van der Waals surface area contributed by atoms with Crippen molar-refractivity contribution < 1.29 is 28.8 Å². The number of ether oxygens (including phenoxy) is 5. The van der Waals surface area contributed by atoms with Crippen LogP contribution in [0.3, 0.4) is 0 Å². The fraction of sp³-hybridized carbons (Fsp3) is 0.273. The van der Waals surface area contributed by atoms with E-state index in [0.717, 1.165) is 22.3 Å². The molecule has 0 aliphatic heterocycles. The van der Waals surface area contributed by atoms with E-state index in [1.54, 1.807) is 12.1 Å². The Labute approximate surface area is 230 Å². The van der Waals surface area contributed by atoms with Crippen LogP contribution in [-0.2, 0) is 38.8 Å². The van der Waals surface area contributed by atoms with Gasteiger partial charge in [-0.2, -0.15) is 0 Å². The maximum atomic E-state index is 10.3. The van der Waals surface area contributed by atoms with Crippen LogP contribution < -0.4 is 4.74 Å². The van der Waals surface area contributed by atoms with E-state index in [1.807, 2.05) is 104 Å². The summed E-state index contributed by atoms with van der Waals surface area (Å²) in [5, 5.41) is 10.3. The van der Waals surface area contributed by atoms with Crippen LogP contribution in [0.4, 0.5) is 0 Å². The van der Waals surface area contributed by atoms with E-state index in [0.29, 0.717) is 32.2 Å². The molecule has 6 heteroatoms. The standard InChI is InChI=1S/C33H36O6/c1-26-17-18-31(34)32(19-26)39-33(25-36-21-28-13-7-3-8-14-28)38-24-30(37-22-29-15-9-4-10-16-29)23-35-20-27-11-5-2-6-12-27/h2-19,30,33-34H,20-25H2,1H3. The summed E-state index contributed by atoms with van der Waals surface area (Å²) < 4.78 is 30.3. The predicted octanol–water partition coefficient (Wildman–Crippen LogP) is 6.44. The molecule has 0 spiro atoms. The molecule has 0 aromatic heterocycles. The van der Waals surface area contributed by atoms with Gasteiger partial charge in [-0.25, -0.2) is 0 Å². The van der Waals surface area contributed by atoms with Crippen molar-refractivity contribution in [1.82, 2.24) is 0 Å². The van der Waals surface area contributed by atoms with Crippen LogP contribution in [0.5, 0.6) is 11.5 Å². The Kier molecular flexibility index (Phi) is 11.4. The summed E-state index contributed by atoms with van der Waals surface area (Å²) in [4.78, 5) is 0. The summed E-state index contributed by atoms with van der Waals surface area (Å²) in [6.45, 7) is 3.98. The molecule has 0 aliphatic rings. The number of rotatable bonds is 16. The van der Waals surface area contributed by atoms with Gasteiger partial charge in [0.1, 0.15) is 12.7 Å². The predicted molar refractivity (Wildman–Crippen MR) is 150 cm³/mol. The highest BCUT2D eigenvalue weighted by Gasteiger charge is 2.19. The monoisotopic (exact) mass is 528 g/mol. The first-order valence-electron chi connectivity index (χ1n) is 13.1. The Bertz CT molecular complexity index is 1220. The van der Waals surface area contributed by atoms with E-state index < -0.39 is 6.29 Å². The number of hydrogen-bond acceptors (Lipinski definition) is 6. The second-order valence-electron chi connectivity index (χ2n) is 9.27. The minimum atomic E-state index is -0.765. The summed E-state index contributed by atoms with van der Waals surface area (Å²) in [5.74, 6) is 0.380. The van der Waals surface area contributed by atoms with Crippen molar-refractivity contribution in [3.8, 4) is 11.5 Å². The highest BCUT2D eigenvalue weighted by Crippen LogP contribution is 2.28. The molecule has 1 N–H and O–H groups in total. The fourth-order valence-electron chi connectivity index (χ4n) is 3.85. The molecule has 4 aromatic rings. The summed E-state index contributed by atoms with van der Waals surface area (Å²) in [6.07, 6.45) is -1.11. The topological polar surface area (TPSA) is 66.4 Å². The number of aromatic hydroxyl groups is 1. The van der Waals surface area contributed by atoms with Gasteiger partial charge in [0, 0.05) is 0 Å². The van der Waals surface area contributed by atoms with E-state index in [9.17, 15) is 5.11 Å². The number of hydrogen-bond donors (Lipinski definition) is 1. The summed E-state index contributed by atoms with van der Waals surface area (Å²) in [5.41, 5.74) is 4.16. The molecule has 4 rings (SSSR count). The molecule has 0 saturated carbocycles. The Hall–Kier alpha value is -3.68. The van der Waals surface area contributed by atoms with Gasteiger partial charge in [0.2, 0.25) is 6.29 Å². The maximum absolute atomic E-state index is 10.3. The lowest BCUT2D eigenvalue weighted by molar-refractivity contribution is -0.158. The molecular weight excluding hydrogens is 492 g/mol. The van der Waals surface area contributed by atoms with Crippen molar-refractivity contribution in [1.29, 1.82) is 0 Å². The molecule has 2 atom stereocenters. The third kappa shape index (κ3) is 10.2. The second kappa shape index (κ2) is 15.7. The van der Waals surface area contributed by atoms with Crippen LogP contribution in [0.2, 0.25) is 0 Å². The van der Waals surface area contributed by atoms with Crippen LogP contribution in [-0.4, -0.2) is 37.3 Å². The van der Waals surface area contributed by atoms with Crippen LogP contribution in [0, 0.1) is 6.92 Å². The summed E-state index contributed by atoms with van der Waals surface area (Å²) >= 11 is 0. The molecule has 39 heavy (non-hydrogen) atoms. The number of phenolic OH excluding ortho intramolecular Hbond substituents is 1. The molecule has 204 valence electrons. The minimum Gasteiger partial charge on any atom is -0.504 e. The number of benzene rings is 4. The first kappa shape index (κ1) is 28.3. The lowest BCUT2D eigenvalue weighted by atomic mass is 10.2. The molecule has 4 aromatic carbocycles. The molecule has 2 unspecified atom stereocenters. The zero-order valence-electron chi connectivity index (χ0n) is 22.3. The third-order valence-corrected chi connectivity index (χ3v) is 5.95. The molecule has 0 bridgehead atoms. The zero-order valence-corrected chi connectivity index (χ0v) is 22.3. The SMILES string of the molecule is Cc1ccc(O)c(OC(COCc2ccccc2)OCC(COCc2ccccc2)OCc2ccccc2)c1. The van der Waals surface area contributed by atoms with Crippen molar-refractivity contribution in [3.63, 3.8) is 0 Å². The molecule has 6 nitrogen and oxygen atoms in total. The third-order valence-electron chi connectivity index (χ3n) is 5.95. The normalized spacial score (nSPS) is 12.6. The quantitative estimate of drug-likeness (QED) is 0.169. The van der Waals surface area contributed by atoms with E-state index in [1.165, 1.54) is 0 Å². The molecular formula is C33H36O6. The van der Waals surface area contributed by atoms with Gasteiger partial charge < -0.3 is 28.8 Å². The van der Waals surface area contributed by atoms with Crippen LogP contribution in [0.15, 0.2) is 109 Å². The zero-order chi connectivity index (χ0) is 27.1. The van der Waals surface area contributed by atoms with Gasteiger partial charge in [-0.05, 0) is 41.3 Å². The van der Waals surface area contributed by atoms with Gasteiger partial charge in [-0.1, -0.05) is 97.1 Å². The van der Waals surface area contributed by atoms with Crippen molar-refractivity contribution in [2.24, 2.45) is 0 Å². The summed E-state index contributed by atoms with van der Waals surface area (Å²) in [7, 11) is 0.